The maximum Gasteiger partial charge on any atom is 0.220 e. The van der Waals surface area contributed by atoms with Crippen molar-refractivity contribution in [3.63, 3.8) is 0 Å². The van der Waals surface area contributed by atoms with E-state index in [1.807, 2.05) is 0 Å². The molecule has 0 aromatic rings. The molecule has 1 heterocycles. The Morgan fingerprint density at radius 1 is 1.20 bits per heavy atom. The summed E-state index contributed by atoms with van der Waals surface area (Å²) >= 11 is 0. The van der Waals surface area contributed by atoms with Gasteiger partial charge >= 0.3 is 0 Å². The Balaban J connectivity index is 1.99. The van der Waals surface area contributed by atoms with Crippen molar-refractivity contribution in [1.82, 2.24) is 10.6 Å². The molecule has 1 fully saturated rings. The van der Waals surface area contributed by atoms with Crippen LogP contribution in [-0.2, 0) is 4.79 Å². The second-order valence-electron chi connectivity index (χ2n) is 6.33. The fourth-order valence-corrected chi connectivity index (χ4v) is 2.99. The smallest absolute Gasteiger partial charge is 0.220 e. The lowest BCUT2D eigenvalue weighted by atomic mass is 9.92. The van der Waals surface area contributed by atoms with Gasteiger partial charge in [0.25, 0.3) is 0 Å². The molecule has 1 aliphatic rings. The highest BCUT2D eigenvalue weighted by molar-refractivity contribution is 5.76. The lowest BCUT2D eigenvalue weighted by molar-refractivity contribution is -0.122. The van der Waals surface area contributed by atoms with Gasteiger partial charge in [-0.15, -0.1) is 0 Å². The Hall–Kier alpha value is -0.570. The minimum absolute atomic E-state index is 0.247. The summed E-state index contributed by atoms with van der Waals surface area (Å²) in [5, 5.41) is 6.60. The first-order valence-electron chi connectivity index (χ1n) is 8.74. The van der Waals surface area contributed by atoms with Crippen LogP contribution in [0.15, 0.2) is 0 Å². The van der Waals surface area contributed by atoms with Gasteiger partial charge < -0.3 is 10.6 Å². The van der Waals surface area contributed by atoms with E-state index in [1.54, 1.807) is 0 Å². The molecule has 3 heteroatoms. The van der Waals surface area contributed by atoms with E-state index in [-0.39, 0.29) is 5.91 Å². The maximum absolute atomic E-state index is 11.9. The zero-order chi connectivity index (χ0) is 14.6. The van der Waals surface area contributed by atoms with Crippen molar-refractivity contribution in [2.45, 2.75) is 84.1 Å². The van der Waals surface area contributed by atoms with Gasteiger partial charge in [-0.1, -0.05) is 45.4 Å². The monoisotopic (exact) mass is 282 g/mol. The zero-order valence-electron chi connectivity index (χ0n) is 13.5. The van der Waals surface area contributed by atoms with E-state index in [2.05, 4.69) is 24.5 Å². The molecule has 3 nitrogen and oxygen atoms in total. The van der Waals surface area contributed by atoms with Gasteiger partial charge in [0.15, 0.2) is 0 Å². The Kier molecular flexibility index (Phi) is 9.73. The van der Waals surface area contributed by atoms with Gasteiger partial charge in [-0.05, 0) is 45.2 Å². The second kappa shape index (κ2) is 11.1. The van der Waals surface area contributed by atoms with E-state index >= 15 is 0 Å². The molecule has 1 amide bonds. The summed E-state index contributed by atoms with van der Waals surface area (Å²) in [7, 11) is 0. The highest BCUT2D eigenvalue weighted by Crippen LogP contribution is 2.14. The predicted octanol–water partition coefficient (Wildman–Crippen LogP) is 3.63. The third-order valence-electron chi connectivity index (χ3n) is 4.44. The van der Waals surface area contributed by atoms with Gasteiger partial charge in [0.1, 0.15) is 0 Å². The zero-order valence-corrected chi connectivity index (χ0v) is 13.5. The standard InChI is InChI=1S/C17H34N2O/c1-3-4-5-6-7-8-9-12-17(20)19-15(2)16-11-10-13-18-14-16/h15-16,18H,3-14H2,1-2H3,(H,19,20). The Morgan fingerprint density at radius 3 is 2.55 bits per heavy atom. The van der Waals surface area contributed by atoms with Crippen LogP contribution in [0.2, 0.25) is 0 Å². The molecule has 0 radical (unpaired) electrons. The Labute approximate surface area is 125 Å². The van der Waals surface area contributed by atoms with Crippen molar-refractivity contribution >= 4 is 5.91 Å². The highest BCUT2D eigenvalue weighted by atomic mass is 16.1. The largest absolute Gasteiger partial charge is 0.353 e. The molecule has 2 N–H and O–H groups in total. The average molecular weight is 282 g/mol. The van der Waals surface area contributed by atoms with E-state index in [0.29, 0.717) is 18.4 Å². The molecule has 1 rings (SSSR count). The minimum atomic E-state index is 0.247. The normalized spacial score (nSPS) is 20.6. The van der Waals surface area contributed by atoms with E-state index in [4.69, 9.17) is 0 Å². The minimum Gasteiger partial charge on any atom is -0.353 e. The number of hydrogen-bond donors (Lipinski definition) is 2. The molecule has 20 heavy (non-hydrogen) atoms. The maximum atomic E-state index is 11.9. The first-order valence-corrected chi connectivity index (χ1v) is 8.74. The molecular formula is C17H34N2O. The van der Waals surface area contributed by atoms with Crippen LogP contribution in [0.4, 0.5) is 0 Å². The van der Waals surface area contributed by atoms with Crippen molar-refractivity contribution in [3.8, 4) is 0 Å². The van der Waals surface area contributed by atoms with Crippen LogP contribution in [0.1, 0.15) is 78.1 Å². The molecule has 1 aliphatic heterocycles. The van der Waals surface area contributed by atoms with Crippen molar-refractivity contribution in [1.29, 1.82) is 0 Å². The average Bonchev–Trinajstić information content (AvgIpc) is 2.47. The summed E-state index contributed by atoms with van der Waals surface area (Å²) in [5.74, 6) is 0.860. The first kappa shape index (κ1) is 17.5. The van der Waals surface area contributed by atoms with Crippen LogP contribution in [0.3, 0.4) is 0 Å². The van der Waals surface area contributed by atoms with Crippen molar-refractivity contribution in [2.75, 3.05) is 13.1 Å². The molecule has 0 aliphatic carbocycles. The lowest BCUT2D eigenvalue weighted by Gasteiger charge is -2.28. The molecule has 2 unspecified atom stereocenters. The molecule has 118 valence electrons. The Morgan fingerprint density at radius 2 is 1.90 bits per heavy atom. The number of piperidine rings is 1. The summed E-state index contributed by atoms with van der Waals surface area (Å²) in [5.41, 5.74) is 0. The molecule has 0 saturated carbocycles. The highest BCUT2D eigenvalue weighted by Gasteiger charge is 2.20. The van der Waals surface area contributed by atoms with Crippen LogP contribution in [0, 0.1) is 5.92 Å². The summed E-state index contributed by atoms with van der Waals surface area (Å²) in [6, 6.07) is 0.319. The summed E-state index contributed by atoms with van der Waals surface area (Å²) in [4.78, 5) is 11.9. The molecule has 0 aromatic carbocycles. The van der Waals surface area contributed by atoms with Crippen molar-refractivity contribution in [2.24, 2.45) is 5.92 Å². The number of carbonyl (C=O) groups is 1. The Bertz CT molecular complexity index is 249. The lowest BCUT2D eigenvalue weighted by Crippen LogP contribution is -2.44. The van der Waals surface area contributed by atoms with Gasteiger partial charge in [0, 0.05) is 12.5 Å². The third kappa shape index (κ3) is 7.88. The van der Waals surface area contributed by atoms with Crippen LogP contribution in [0.25, 0.3) is 0 Å². The number of amides is 1. The van der Waals surface area contributed by atoms with Crippen molar-refractivity contribution < 1.29 is 4.79 Å². The fraction of sp³-hybridized carbons (Fsp3) is 0.941. The molecule has 1 saturated heterocycles. The van der Waals surface area contributed by atoms with Gasteiger partial charge in [-0.2, -0.15) is 0 Å². The van der Waals surface area contributed by atoms with E-state index in [9.17, 15) is 4.79 Å². The summed E-state index contributed by atoms with van der Waals surface area (Å²) in [6.07, 6.45) is 12.1. The molecule has 0 spiro atoms. The predicted molar refractivity (Wildman–Crippen MR) is 85.8 cm³/mol. The van der Waals surface area contributed by atoms with E-state index in [1.165, 1.54) is 51.4 Å². The first-order chi connectivity index (χ1) is 9.74. The number of rotatable bonds is 10. The van der Waals surface area contributed by atoms with Gasteiger partial charge in [0.2, 0.25) is 5.91 Å². The molecule has 0 bridgehead atoms. The summed E-state index contributed by atoms with van der Waals surface area (Å²) < 4.78 is 0. The van der Waals surface area contributed by atoms with E-state index in [0.717, 1.165) is 19.5 Å². The van der Waals surface area contributed by atoms with E-state index < -0.39 is 0 Å². The van der Waals surface area contributed by atoms with Gasteiger partial charge in [0.05, 0.1) is 0 Å². The van der Waals surface area contributed by atoms with Crippen molar-refractivity contribution in [3.05, 3.63) is 0 Å². The SMILES string of the molecule is CCCCCCCCCC(=O)NC(C)C1CCCNC1. The quantitative estimate of drug-likeness (QED) is 0.601. The molecular weight excluding hydrogens is 248 g/mol. The van der Waals surface area contributed by atoms with Crippen LogP contribution >= 0.6 is 0 Å². The summed E-state index contributed by atoms with van der Waals surface area (Å²) in [6.45, 7) is 6.59. The molecule has 0 aromatic heterocycles. The van der Waals surface area contributed by atoms with Crippen LogP contribution < -0.4 is 10.6 Å². The number of hydrogen-bond acceptors (Lipinski definition) is 2. The topological polar surface area (TPSA) is 41.1 Å². The fourth-order valence-electron chi connectivity index (χ4n) is 2.99. The van der Waals surface area contributed by atoms with Gasteiger partial charge in [-0.25, -0.2) is 0 Å². The number of carbonyl (C=O) groups excluding carboxylic acids is 1. The number of unbranched alkanes of at least 4 members (excludes halogenated alkanes) is 6. The second-order valence-corrected chi connectivity index (χ2v) is 6.33. The molecule has 2 atom stereocenters. The van der Waals surface area contributed by atoms with Gasteiger partial charge in [-0.3, -0.25) is 4.79 Å². The number of nitrogens with one attached hydrogen (secondary N) is 2. The third-order valence-corrected chi connectivity index (χ3v) is 4.44. The van der Waals surface area contributed by atoms with Crippen LogP contribution in [0.5, 0.6) is 0 Å². The van der Waals surface area contributed by atoms with Crippen LogP contribution in [-0.4, -0.2) is 25.0 Å².